The Hall–Kier alpha value is -4.85. The summed E-state index contributed by atoms with van der Waals surface area (Å²) in [5, 5.41) is 18.8. The molecule has 0 bridgehead atoms. The Morgan fingerprint density at radius 1 is 0.605 bits per heavy atom. The second kappa shape index (κ2) is 8.92. The zero-order valence-electron chi connectivity index (χ0n) is 21.1. The quantitative estimate of drug-likeness (QED) is 0.267. The highest BCUT2D eigenvalue weighted by Gasteiger charge is 2.20. The molecular weight excluding hydrogens is 464 g/mol. The van der Waals surface area contributed by atoms with Crippen LogP contribution in [0.3, 0.4) is 0 Å². The number of hydrogen-bond donors (Lipinski definition) is 1. The van der Waals surface area contributed by atoms with E-state index >= 15 is 0 Å². The van der Waals surface area contributed by atoms with E-state index in [-0.39, 0.29) is 0 Å². The third-order valence-corrected chi connectivity index (χ3v) is 7.52. The Morgan fingerprint density at radius 3 is 1.45 bits per heavy atom. The van der Waals surface area contributed by atoms with Crippen molar-refractivity contribution in [3.8, 4) is 17.4 Å². The van der Waals surface area contributed by atoms with Gasteiger partial charge in [0.15, 0.2) is 0 Å². The topological polar surface area (TPSA) is 45.7 Å². The lowest BCUT2D eigenvalue weighted by Crippen LogP contribution is -2.15. The van der Waals surface area contributed by atoms with Gasteiger partial charge < -0.3 is 14.5 Å². The van der Waals surface area contributed by atoms with Gasteiger partial charge in [0.25, 0.3) is 0 Å². The maximum absolute atomic E-state index is 10.5. The van der Waals surface area contributed by atoms with Gasteiger partial charge in [-0.05, 0) is 48.5 Å². The number of fused-ring (bicyclic) bond motifs is 6. The molecule has 182 valence electrons. The number of nitriles is 1. The average Bonchev–Trinajstić information content (AvgIpc) is 3.49. The van der Waals surface area contributed by atoms with Crippen molar-refractivity contribution >= 4 is 43.6 Å². The fourth-order valence-electron chi connectivity index (χ4n) is 5.87. The van der Waals surface area contributed by atoms with Gasteiger partial charge in [-0.25, -0.2) is 0 Å². The lowest BCUT2D eigenvalue weighted by Gasteiger charge is -2.18. The predicted octanol–water partition coefficient (Wildman–Crippen LogP) is 7.86. The molecule has 2 aromatic heterocycles. The highest BCUT2D eigenvalue weighted by Crippen LogP contribution is 2.37. The van der Waals surface area contributed by atoms with Crippen molar-refractivity contribution in [3.05, 3.63) is 120 Å². The van der Waals surface area contributed by atoms with E-state index in [0.717, 1.165) is 45.5 Å². The van der Waals surface area contributed by atoms with Gasteiger partial charge in [-0.1, -0.05) is 79.7 Å². The van der Waals surface area contributed by atoms with Crippen LogP contribution in [0.5, 0.6) is 0 Å². The number of rotatable bonds is 5. The SMILES string of the molecule is CCNCc1cc(-n2c3ccccc3c3ccccc32)c(C#N)cc1-n1c2ccccc2c2ccccc21. The van der Waals surface area contributed by atoms with Crippen LogP contribution in [-0.4, -0.2) is 15.7 Å². The first-order valence-corrected chi connectivity index (χ1v) is 13.0. The molecular formula is C34H26N4. The van der Waals surface area contributed by atoms with E-state index in [9.17, 15) is 5.26 Å². The maximum Gasteiger partial charge on any atom is 0.101 e. The van der Waals surface area contributed by atoms with E-state index in [2.05, 4.69) is 137 Å². The predicted molar refractivity (Wildman–Crippen MR) is 157 cm³/mol. The summed E-state index contributed by atoms with van der Waals surface area (Å²) in [6.07, 6.45) is 0. The maximum atomic E-state index is 10.5. The molecule has 1 N–H and O–H groups in total. The van der Waals surface area contributed by atoms with E-state index in [1.807, 2.05) is 0 Å². The van der Waals surface area contributed by atoms with E-state index in [0.29, 0.717) is 12.1 Å². The standard InChI is InChI=1S/C34H26N4/c1-2-36-22-24-20-33(37-29-15-7-3-11-25(29)26-12-4-8-16-30(26)37)23(21-35)19-34(24)38-31-17-9-5-13-27(31)28-14-6-10-18-32(28)38/h3-20,36H,2,22H2,1H3. The summed E-state index contributed by atoms with van der Waals surface area (Å²) in [7, 11) is 0. The minimum atomic E-state index is 0.647. The minimum Gasteiger partial charge on any atom is -0.313 e. The van der Waals surface area contributed by atoms with E-state index in [4.69, 9.17) is 0 Å². The molecule has 5 aromatic carbocycles. The van der Waals surface area contributed by atoms with E-state index < -0.39 is 0 Å². The number of para-hydroxylation sites is 4. The Kier molecular flexibility index (Phi) is 5.25. The number of benzene rings is 5. The molecule has 0 fully saturated rings. The van der Waals surface area contributed by atoms with E-state index in [1.54, 1.807) is 0 Å². The summed E-state index contributed by atoms with van der Waals surface area (Å²) in [5.41, 5.74) is 8.21. The Bertz CT molecular complexity index is 1930. The highest BCUT2D eigenvalue weighted by molar-refractivity contribution is 6.10. The molecule has 0 aliphatic carbocycles. The molecule has 7 rings (SSSR count). The van der Waals surface area contributed by atoms with Crippen LogP contribution in [0.1, 0.15) is 18.1 Å². The van der Waals surface area contributed by atoms with Gasteiger partial charge in [0.1, 0.15) is 6.07 Å². The third kappa shape index (κ3) is 3.26. The zero-order valence-corrected chi connectivity index (χ0v) is 21.1. The van der Waals surface area contributed by atoms with Gasteiger partial charge >= 0.3 is 0 Å². The van der Waals surface area contributed by atoms with Crippen molar-refractivity contribution < 1.29 is 0 Å². The van der Waals surface area contributed by atoms with Crippen LogP contribution in [0.4, 0.5) is 0 Å². The second-order valence-corrected chi connectivity index (χ2v) is 9.63. The summed E-state index contributed by atoms with van der Waals surface area (Å²) in [4.78, 5) is 0. The minimum absolute atomic E-state index is 0.647. The summed E-state index contributed by atoms with van der Waals surface area (Å²) >= 11 is 0. The molecule has 0 saturated heterocycles. The van der Waals surface area contributed by atoms with Crippen LogP contribution in [0.15, 0.2) is 109 Å². The summed E-state index contributed by atoms with van der Waals surface area (Å²) in [6.45, 7) is 3.68. The molecule has 0 unspecified atom stereocenters. The molecule has 7 aromatic rings. The Morgan fingerprint density at radius 2 is 1.03 bits per heavy atom. The molecule has 2 heterocycles. The highest BCUT2D eigenvalue weighted by atomic mass is 15.0. The molecule has 38 heavy (non-hydrogen) atoms. The molecule has 0 spiro atoms. The van der Waals surface area contributed by atoms with Crippen molar-refractivity contribution in [2.45, 2.75) is 13.5 Å². The van der Waals surface area contributed by atoms with Crippen LogP contribution in [0, 0.1) is 11.3 Å². The molecule has 0 atom stereocenters. The largest absolute Gasteiger partial charge is 0.313 e. The number of aromatic nitrogens is 2. The van der Waals surface area contributed by atoms with Crippen molar-refractivity contribution in [2.75, 3.05) is 6.54 Å². The van der Waals surface area contributed by atoms with Gasteiger partial charge in [-0.2, -0.15) is 5.26 Å². The van der Waals surface area contributed by atoms with Gasteiger partial charge in [-0.3, -0.25) is 0 Å². The van der Waals surface area contributed by atoms with Gasteiger partial charge in [0, 0.05) is 28.1 Å². The Labute approximate surface area is 221 Å². The van der Waals surface area contributed by atoms with E-state index in [1.165, 1.54) is 21.5 Å². The summed E-state index contributed by atoms with van der Waals surface area (Å²) < 4.78 is 4.56. The van der Waals surface area contributed by atoms with Crippen molar-refractivity contribution in [2.24, 2.45) is 0 Å². The van der Waals surface area contributed by atoms with Crippen LogP contribution in [0.25, 0.3) is 55.0 Å². The average molecular weight is 491 g/mol. The second-order valence-electron chi connectivity index (χ2n) is 9.63. The first-order chi connectivity index (χ1) is 18.8. The van der Waals surface area contributed by atoms with Crippen LogP contribution in [0.2, 0.25) is 0 Å². The normalized spacial score (nSPS) is 11.6. The monoisotopic (exact) mass is 490 g/mol. The van der Waals surface area contributed by atoms with Crippen molar-refractivity contribution in [1.29, 1.82) is 5.26 Å². The van der Waals surface area contributed by atoms with Gasteiger partial charge in [-0.15, -0.1) is 0 Å². The molecule has 4 nitrogen and oxygen atoms in total. The first-order valence-electron chi connectivity index (χ1n) is 13.0. The molecule has 4 heteroatoms. The molecule has 0 saturated carbocycles. The number of hydrogen-bond acceptors (Lipinski definition) is 2. The summed E-state index contributed by atoms with van der Waals surface area (Å²) in [6, 6.07) is 40.7. The van der Waals surface area contributed by atoms with Gasteiger partial charge in [0.05, 0.1) is 39.0 Å². The van der Waals surface area contributed by atoms with Crippen LogP contribution >= 0.6 is 0 Å². The first kappa shape index (κ1) is 22.4. The summed E-state index contributed by atoms with van der Waals surface area (Å²) in [5.74, 6) is 0. The fourth-order valence-corrected chi connectivity index (χ4v) is 5.87. The lowest BCUT2D eigenvalue weighted by molar-refractivity contribution is 0.723. The van der Waals surface area contributed by atoms with Crippen molar-refractivity contribution in [3.63, 3.8) is 0 Å². The number of nitrogens with one attached hydrogen (secondary N) is 1. The third-order valence-electron chi connectivity index (χ3n) is 7.52. The molecule has 0 amide bonds. The molecule has 0 aliphatic rings. The van der Waals surface area contributed by atoms with Crippen LogP contribution in [-0.2, 0) is 6.54 Å². The molecule has 0 aliphatic heterocycles. The number of nitrogens with zero attached hydrogens (tertiary/aromatic N) is 3. The van der Waals surface area contributed by atoms with Gasteiger partial charge in [0.2, 0.25) is 0 Å². The zero-order chi connectivity index (χ0) is 25.6. The molecule has 0 radical (unpaired) electrons. The fraction of sp³-hybridized carbons (Fsp3) is 0.0882. The van der Waals surface area contributed by atoms with Crippen LogP contribution < -0.4 is 5.32 Å². The lowest BCUT2D eigenvalue weighted by atomic mass is 10.1. The Balaban J connectivity index is 1.58. The smallest absolute Gasteiger partial charge is 0.101 e. The van der Waals surface area contributed by atoms with Crippen molar-refractivity contribution in [1.82, 2.24) is 14.5 Å².